The summed E-state index contributed by atoms with van der Waals surface area (Å²) in [5, 5.41) is 8.59. The van der Waals surface area contributed by atoms with Gasteiger partial charge in [0.1, 0.15) is 12.4 Å². The first-order valence-corrected chi connectivity index (χ1v) is 10.3. The number of ether oxygens (including phenoxy) is 1. The van der Waals surface area contributed by atoms with Crippen molar-refractivity contribution in [3.8, 4) is 11.8 Å². The summed E-state index contributed by atoms with van der Waals surface area (Å²) in [5.41, 5.74) is 3.05. The SMILES string of the molecule is N#CCCCS(=O)(=O)C1=Cc2cccc(OCc3ccccc3)c2CC1. The molecule has 5 heteroatoms. The van der Waals surface area contributed by atoms with Gasteiger partial charge < -0.3 is 4.74 Å². The van der Waals surface area contributed by atoms with Gasteiger partial charge in [-0.3, -0.25) is 0 Å². The molecule has 2 aromatic carbocycles. The van der Waals surface area contributed by atoms with Gasteiger partial charge in [0, 0.05) is 16.9 Å². The van der Waals surface area contributed by atoms with Crippen molar-refractivity contribution in [1.82, 2.24) is 0 Å². The molecular formula is C21H21NO3S. The second kappa shape index (κ2) is 8.20. The minimum atomic E-state index is -3.30. The van der Waals surface area contributed by atoms with Gasteiger partial charge in [-0.1, -0.05) is 42.5 Å². The Morgan fingerprint density at radius 3 is 2.62 bits per heavy atom. The third-order valence-electron chi connectivity index (χ3n) is 4.45. The average molecular weight is 367 g/mol. The zero-order chi connectivity index (χ0) is 18.4. The summed E-state index contributed by atoms with van der Waals surface area (Å²) in [6.45, 7) is 0.486. The summed E-state index contributed by atoms with van der Waals surface area (Å²) < 4.78 is 30.9. The van der Waals surface area contributed by atoms with Gasteiger partial charge in [-0.25, -0.2) is 8.42 Å². The van der Waals surface area contributed by atoms with E-state index < -0.39 is 9.84 Å². The van der Waals surface area contributed by atoms with Crippen molar-refractivity contribution < 1.29 is 13.2 Å². The Balaban J connectivity index is 1.77. The number of unbranched alkanes of at least 4 members (excludes halogenated alkanes) is 1. The molecule has 0 unspecified atom stereocenters. The van der Waals surface area contributed by atoms with Crippen LogP contribution in [0, 0.1) is 11.3 Å². The van der Waals surface area contributed by atoms with Gasteiger partial charge in [0.2, 0.25) is 0 Å². The molecule has 0 radical (unpaired) electrons. The number of sulfone groups is 1. The molecule has 0 bridgehead atoms. The zero-order valence-corrected chi connectivity index (χ0v) is 15.3. The van der Waals surface area contributed by atoms with Crippen LogP contribution in [-0.4, -0.2) is 14.2 Å². The predicted molar refractivity (Wildman–Crippen MR) is 102 cm³/mol. The second-order valence-electron chi connectivity index (χ2n) is 6.29. The van der Waals surface area contributed by atoms with E-state index in [1.54, 1.807) is 6.08 Å². The van der Waals surface area contributed by atoms with Crippen LogP contribution in [0.5, 0.6) is 5.75 Å². The monoisotopic (exact) mass is 367 g/mol. The topological polar surface area (TPSA) is 67.2 Å². The van der Waals surface area contributed by atoms with Crippen molar-refractivity contribution in [3.63, 3.8) is 0 Å². The molecule has 3 rings (SSSR count). The molecule has 26 heavy (non-hydrogen) atoms. The molecule has 0 heterocycles. The van der Waals surface area contributed by atoms with Gasteiger partial charge in [-0.15, -0.1) is 0 Å². The van der Waals surface area contributed by atoms with E-state index in [4.69, 9.17) is 10.00 Å². The van der Waals surface area contributed by atoms with Crippen LogP contribution in [-0.2, 0) is 22.9 Å². The molecule has 0 amide bonds. The Morgan fingerprint density at radius 2 is 1.85 bits per heavy atom. The summed E-state index contributed by atoms with van der Waals surface area (Å²) in [5.74, 6) is 0.842. The van der Waals surface area contributed by atoms with Crippen LogP contribution in [0.2, 0.25) is 0 Å². The zero-order valence-electron chi connectivity index (χ0n) is 14.5. The summed E-state index contributed by atoms with van der Waals surface area (Å²) in [6.07, 6.45) is 3.52. The summed E-state index contributed by atoms with van der Waals surface area (Å²) in [7, 11) is -3.30. The molecule has 0 aromatic heterocycles. The van der Waals surface area contributed by atoms with Gasteiger partial charge >= 0.3 is 0 Å². The molecular weight excluding hydrogens is 346 g/mol. The van der Waals surface area contributed by atoms with Gasteiger partial charge in [0.25, 0.3) is 0 Å². The molecule has 2 aromatic rings. The van der Waals surface area contributed by atoms with Crippen molar-refractivity contribution in [1.29, 1.82) is 5.26 Å². The van der Waals surface area contributed by atoms with Crippen molar-refractivity contribution in [2.45, 2.75) is 32.3 Å². The number of nitrogens with zero attached hydrogens (tertiary/aromatic N) is 1. The second-order valence-corrected chi connectivity index (χ2v) is 8.45. The first-order chi connectivity index (χ1) is 12.6. The highest BCUT2D eigenvalue weighted by molar-refractivity contribution is 7.95. The Bertz CT molecular complexity index is 941. The number of hydrogen-bond acceptors (Lipinski definition) is 4. The molecule has 1 aliphatic rings. The van der Waals surface area contributed by atoms with Crippen LogP contribution in [0.4, 0.5) is 0 Å². The molecule has 4 nitrogen and oxygen atoms in total. The highest BCUT2D eigenvalue weighted by Gasteiger charge is 2.23. The Morgan fingerprint density at radius 1 is 1.04 bits per heavy atom. The molecule has 0 saturated carbocycles. The van der Waals surface area contributed by atoms with Crippen LogP contribution in [0.3, 0.4) is 0 Å². The lowest BCUT2D eigenvalue weighted by Gasteiger charge is -2.20. The predicted octanol–water partition coefficient (Wildman–Crippen LogP) is 4.27. The molecule has 1 aliphatic carbocycles. The Kier molecular flexibility index (Phi) is 5.75. The summed E-state index contributed by atoms with van der Waals surface area (Å²) in [6, 6.07) is 17.7. The smallest absolute Gasteiger partial charge is 0.174 e. The number of allylic oxidation sites excluding steroid dienone is 1. The normalized spacial score (nSPS) is 13.4. The average Bonchev–Trinajstić information content (AvgIpc) is 2.67. The number of nitriles is 1. The van der Waals surface area contributed by atoms with E-state index in [1.165, 1.54) is 0 Å². The summed E-state index contributed by atoms with van der Waals surface area (Å²) >= 11 is 0. The van der Waals surface area contributed by atoms with E-state index in [1.807, 2.05) is 54.6 Å². The molecule has 0 atom stereocenters. The maximum absolute atomic E-state index is 12.5. The molecule has 0 fully saturated rings. The third-order valence-corrected chi connectivity index (χ3v) is 6.39. The minimum Gasteiger partial charge on any atom is -0.489 e. The van der Waals surface area contributed by atoms with E-state index in [9.17, 15) is 8.42 Å². The van der Waals surface area contributed by atoms with Gasteiger partial charge in [0.15, 0.2) is 9.84 Å². The largest absolute Gasteiger partial charge is 0.489 e. The van der Waals surface area contributed by atoms with Crippen LogP contribution < -0.4 is 4.74 Å². The van der Waals surface area contributed by atoms with E-state index >= 15 is 0 Å². The molecule has 0 N–H and O–H groups in total. The highest BCUT2D eigenvalue weighted by atomic mass is 32.2. The fourth-order valence-electron chi connectivity index (χ4n) is 3.07. The number of rotatable bonds is 7. The van der Waals surface area contributed by atoms with E-state index in [0.29, 0.717) is 30.8 Å². The maximum Gasteiger partial charge on any atom is 0.174 e. The Hall–Kier alpha value is -2.58. The maximum atomic E-state index is 12.5. The van der Waals surface area contributed by atoms with Crippen molar-refractivity contribution in [2.75, 3.05) is 5.75 Å². The first kappa shape index (κ1) is 18.2. The molecule has 0 aliphatic heterocycles. The van der Waals surface area contributed by atoms with E-state index in [-0.39, 0.29) is 12.2 Å². The van der Waals surface area contributed by atoms with Crippen molar-refractivity contribution >= 4 is 15.9 Å². The lowest BCUT2D eigenvalue weighted by atomic mass is 9.96. The van der Waals surface area contributed by atoms with Crippen LogP contribution >= 0.6 is 0 Å². The lowest BCUT2D eigenvalue weighted by molar-refractivity contribution is 0.302. The molecule has 0 saturated heterocycles. The van der Waals surface area contributed by atoms with Crippen LogP contribution in [0.25, 0.3) is 6.08 Å². The number of hydrogen-bond donors (Lipinski definition) is 0. The fourth-order valence-corrected chi connectivity index (χ4v) is 4.57. The van der Waals surface area contributed by atoms with Crippen molar-refractivity contribution in [3.05, 3.63) is 70.1 Å². The Labute approximate surface area is 154 Å². The van der Waals surface area contributed by atoms with Gasteiger partial charge in [-0.05, 0) is 42.5 Å². The quantitative estimate of drug-likeness (QED) is 0.685. The number of benzene rings is 2. The van der Waals surface area contributed by atoms with E-state index in [0.717, 1.165) is 22.4 Å². The standard InChI is InChI=1S/C21H21NO3S/c22-13-4-5-14-26(23,24)19-11-12-20-18(15-19)9-6-10-21(20)25-16-17-7-2-1-3-8-17/h1-3,6-10,15H,4-5,11-12,14,16H2. The van der Waals surface area contributed by atoms with Crippen molar-refractivity contribution in [2.24, 2.45) is 0 Å². The summed E-state index contributed by atoms with van der Waals surface area (Å²) in [4.78, 5) is 0.461. The molecule has 134 valence electrons. The van der Waals surface area contributed by atoms with E-state index in [2.05, 4.69) is 0 Å². The van der Waals surface area contributed by atoms with Gasteiger partial charge in [0.05, 0.1) is 11.8 Å². The number of fused-ring (bicyclic) bond motifs is 1. The van der Waals surface area contributed by atoms with Crippen LogP contribution in [0.1, 0.15) is 36.0 Å². The lowest BCUT2D eigenvalue weighted by Crippen LogP contribution is -2.13. The van der Waals surface area contributed by atoms with Crippen LogP contribution in [0.15, 0.2) is 53.4 Å². The minimum absolute atomic E-state index is 0.0337. The van der Waals surface area contributed by atoms with Gasteiger partial charge in [-0.2, -0.15) is 5.26 Å². The fraction of sp³-hybridized carbons (Fsp3) is 0.286. The highest BCUT2D eigenvalue weighted by Crippen LogP contribution is 2.33. The first-order valence-electron chi connectivity index (χ1n) is 8.69. The molecule has 0 spiro atoms. The third kappa shape index (κ3) is 4.33.